The number of methoxy groups -OCH3 is 1. The predicted octanol–water partition coefficient (Wildman–Crippen LogP) is 4.71. The molecule has 7 nitrogen and oxygen atoms in total. The molecule has 1 N–H and O–H groups in total. The lowest BCUT2D eigenvalue weighted by Crippen LogP contribution is -2.15. The summed E-state index contributed by atoms with van der Waals surface area (Å²) in [5.41, 5.74) is 3.71. The van der Waals surface area contributed by atoms with E-state index in [9.17, 15) is 10.1 Å². The van der Waals surface area contributed by atoms with E-state index in [1.807, 2.05) is 54.6 Å². The van der Waals surface area contributed by atoms with Crippen molar-refractivity contribution in [1.29, 1.82) is 5.26 Å². The van der Waals surface area contributed by atoms with E-state index in [0.29, 0.717) is 45.0 Å². The van der Waals surface area contributed by atoms with Gasteiger partial charge in [-0.25, -0.2) is 9.97 Å². The fourth-order valence-corrected chi connectivity index (χ4v) is 3.62. The van der Waals surface area contributed by atoms with Crippen molar-refractivity contribution in [3.8, 4) is 17.5 Å². The summed E-state index contributed by atoms with van der Waals surface area (Å²) in [6, 6.07) is 25.8. The maximum Gasteiger partial charge on any atom is 0.256 e. The number of carbonyl (C=O) groups is 1. The molecule has 5 rings (SSSR count). The van der Waals surface area contributed by atoms with Crippen LogP contribution >= 0.6 is 0 Å². The molecule has 0 aliphatic rings. The largest absolute Gasteiger partial charge is 0.497 e. The molecule has 32 heavy (non-hydrogen) atoms. The number of hydrogen-bond donors (Lipinski definition) is 1. The molecule has 0 bridgehead atoms. The highest BCUT2D eigenvalue weighted by Crippen LogP contribution is 2.33. The standard InChI is InChI=1S/C25H17N5O2/c1-32-18-13-11-17(12-14-18)30-23(29-25(31)16-7-3-2-4-8-16)19(15-26)22-24(30)28-21-10-6-5-9-20(21)27-22/h2-14H,1H3,(H,29,31). The second-order valence-corrected chi connectivity index (χ2v) is 7.07. The number of para-hydroxylation sites is 2. The van der Waals surface area contributed by atoms with Crippen LogP contribution in [0.1, 0.15) is 15.9 Å². The average Bonchev–Trinajstić information content (AvgIpc) is 3.14. The van der Waals surface area contributed by atoms with Crippen molar-refractivity contribution in [1.82, 2.24) is 14.5 Å². The molecule has 1 amide bonds. The van der Waals surface area contributed by atoms with E-state index in [1.165, 1.54) is 0 Å². The number of amides is 1. The smallest absolute Gasteiger partial charge is 0.256 e. The number of anilines is 1. The Morgan fingerprint density at radius 2 is 1.59 bits per heavy atom. The topological polar surface area (TPSA) is 92.8 Å². The van der Waals surface area contributed by atoms with E-state index >= 15 is 0 Å². The van der Waals surface area contributed by atoms with Gasteiger partial charge < -0.3 is 10.1 Å². The lowest BCUT2D eigenvalue weighted by molar-refractivity contribution is 0.102. The summed E-state index contributed by atoms with van der Waals surface area (Å²) in [6.07, 6.45) is 0. The minimum Gasteiger partial charge on any atom is -0.497 e. The molecule has 5 aromatic rings. The first-order valence-electron chi connectivity index (χ1n) is 9.91. The van der Waals surface area contributed by atoms with Crippen molar-refractivity contribution < 1.29 is 9.53 Å². The van der Waals surface area contributed by atoms with E-state index in [4.69, 9.17) is 9.72 Å². The van der Waals surface area contributed by atoms with Crippen molar-refractivity contribution in [2.75, 3.05) is 12.4 Å². The van der Waals surface area contributed by atoms with Gasteiger partial charge in [0, 0.05) is 11.3 Å². The predicted molar refractivity (Wildman–Crippen MR) is 122 cm³/mol. The van der Waals surface area contributed by atoms with Gasteiger partial charge in [-0.05, 0) is 48.5 Å². The van der Waals surface area contributed by atoms with Crippen molar-refractivity contribution in [3.05, 3.63) is 90.0 Å². The maximum atomic E-state index is 13.0. The fraction of sp³-hybridized carbons (Fsp3) is 0.0400. The van der Waals surface area contributed by atoms with Crippen LogP contribution in [0.25, 0.3) is 27.9 Å². The van der Waals surface area contributed by atoms with E-state index in [1.54, 1.807) is 35.9 Å². The SMILES string of the molecule is COc1ccc(-n2c(NC(=O)c3ccccc3)c(C#N)c3nc4ccccc4nc32)cc1. The Labute approximate surface area is 183 Å². The Morgan fingerprint density at radius 1 is 0.938 bits per heavy atom. The molecule has 2 heterocycles. The number of carbonyl (C=O) groups excluding carboxylic acids is 1. The summed E-state index contributed by atoms with van der Waals surface area (Å²) < 4.78 is 7.01. The molecule has 2 aromatic heterocycles. The number of fused-ring (bicyclic) bond motifs is 2. The van der Waals surface area contributed by atoms with Crippen LogP contribution < -0.4 is 10.1 Å². The van der Waals surface area contributed by atoms with Crippen LogP contribution in [0.2, 0.25) is 0 Å². The first-order chi connectivity index (χ1) is 15.7. The zero-order chi connectivity index (χ0) is 22.1. The number of nitrogens with zero attached hydrogens (tertiary/aromatic N) is 4. The number of nitrogens with one attached hydrogen (secondary N) is 1. The number of rotatable bonds is 4. The van der Waals surface area contributed by atoms with Gasteiger partial charge in [0.25, 0.3) is 5.91 Å². The van der Waals surface area contributed by atoms with Gasteiger partial charge in [-0.3, -0.25) is 9.36 Å². The quantitative estimate of drug-likeness (QED) is 0.456. The molecule has 3 aromatic carbocycles. The van der Waals surface area contributed by atoms with Crippen molar-refractivity contribution in [2.24, 2.45) is 0 Å². The molecule has 0 spiro atoms. The average molecular weight is 419 g/mol. The summed E-state index contributed by atoms with van der Waals surface area (Å²) in [5, 5.41) is 12.9. The van der Waals surface area contributed by atoms with E-state index in [0.717, 1.165) is 0 Å². The summed E-state index contributed by atoms with van der Waals surface area (Å²) in [5.74, 6) is 0.679. The molecular weight excluding hydrogens is 402 g/mol. The monoisotopic (exact) mass is 419 g/mol. The molecule has 0 atom stereocenters. The van der Waals surface area contributed by atoms with Gasteiger partial charge in [-0.15, -0.1) is 0 Å². The molecule has 154 valence electrons. The zero-order valence-corrected chi connectivity index (χ0v) is 17.1. The van der Waals surface area contributed by atoms with Gasteiger partial charge >= 0.3 is 0 Å². The minimum atomic E-state index is -0.329. The third kappa shape index (κ3) is 3.20. The van der Waals surface area contributed by atoms with Crippen molar-refractivity contribution in [2.45, 2.75) is 0 Å². The number of hydrogen-bond acceptors (Lipinski definition) is 5. The van der Waals surface area contributed by atoms with Gasteiger partial charge in [0.15, 0.2) is 5.65 Å². The van der Waals surface area contributed by atoms with Gasteiger partial charge in [0.1, 0.15) is 28.7 Å². The summed E-state index contributed by atoms with van der Waals surface area (Å²) >= 11 is 0. The number of benzene rings is 3. The molecule has 0 saturated carbocycles. The van der Waals surface area contributed by atoms with Crippen LogP contribution in [0.15, 0.2) is 78.9 Å². The van der Waals surface area contributed by atoms with Gasteiger partial charge in [-0.2, -0.15) is 5.26 Å². The molecule has 7 heteroatoms. The van der Waals surface area contributed by atoms with E-state index < -0.39 is 0 Å². The second kappa shape index (κ2) is 7.85. The molecule has 0 fully saturated rings. The Bertz CT molecular complexity index is 1500. The Kier molecular flexibility index (Phi) is 4.73. The fourth-order valence-electron chi connectivity index (χ4n) is 3.62. The molecule has 0 saturated heterocycles. The highest BCUT2D eigenvalue weighted by Gasteiger charge is 2.23. The minimum absolute atomic E-state index is 0.248. The molecular formula is C25H17N5O2. The van der Waals surface area contributed by atoms with Gasteiger partial charge in [0.2, 0.25) is 0 Å². The van der Waals surface area contributed by atoms with Crippen LogP contribution in [-0.4, -0.2) is 27.6 Å². The van der Waals surface area contributed by atoms with Crippen molar-refractivity contribution in [3.63, 3.8) is 0 Å². The number of ether oxygens (including phenoxy) is 1. The van der Waals surface area contributed by atoms with Gasteiger partial charge in [-0.1, -0.05) is 30.3 Å². The highest BCUT2D eigenvalue weighted by atomic mass is 16.5. The zero-order valence-electron chi connectivity index (χ0n) is 17.1. The summed E-state index contributed by atoms with van der Waals surface area (Å²) in [4.78, 5) is 22.4. The van der Waals surface area contributed by atoms with Crippen molar-refractivity contribution >= 4 is 33.9 Å². The third-order valence-corrected chi connectivity index (χ3v) is 5.17. The first-order valence-corrected chi connectivity index (χ1v) is 9.91. The molecule has 0 aliphatic heterocycles. The molecule has 0 radical (unpaired) electrons. The van der Waals surface area contributed by atoms with Crippen LogP contribution in [0.3, 0.4) is 0 Å². The Morgan fingerprint density at radius 3 is 2.25 bits per heavy atom. The normalized spacial score (nSPS) is 10.8. The summed E-state index contributed by atoms with van der Waals surface area (Å²) in [6.45, 7) is 0. The lowest BCUT2D eigenvalue weighted by atomic mass is 10.2. The van der Waals surface area contributed by atoms with Crippen LogP contribution in [0.5, 0.6) is 5.75 Å². The number of aromatic nitrogens is 3. The van der Waals surface area contributed by atoms with Gasteiger partial charge in [0.05, 0.1) is 18.1 Å². The third-order valence-electron chi connectivity index (χ3n) is 5.17. The Balaban J connectivity index is 1.78. The first kappa shape index (κ1) is 19.3. The lowest BCUT2D eigenvalue weighted by Gasteiger charge is -2.12. The highest BCUT2D eigenvalue weighted by molar-refractivity contribution is 6.07. The summed E-state index contributed by atoms with van der Waals surface area (Å²) in [7, 11) is 1.59. The van der Waals surface area contributed by atoms with E-state index in [2.05, 4.69) is 16.4 Å². The maximum absolute atomic E-state index is 13.0. The van der Waals surface area contributed by atoms with E-state index in [-0.39, 0.29) is 11.5 Å². The number of nitriles is 1. The second-order valence-electron chi connectivity index (χ2n) is 7.07. The van der Waals surface area contributed by atoms with Crippen LogP contribution in [0.4, 0.5) is 5.82 Å². The van der Waals surface area contributed by atoms with Crippen LogP contribution in [0, 0.1) is 11.3 Å². The van der Waals surface area contributed by atoms with Crippen LogP contribution in [-0.2, 0) is 0 Å². The molecule has 0 unspecified atom stereocenters. The Hall–Kier alpha value is -4.70. The molecule has 0 aliphatic carbocycles.